The zero-order valence-corrected chi connectivity index (χ0v) is 22.1. The second kappa shape index (κ2) is 13.6. The molecule has 0 N–H and O–H groups in total. The van der Waals surface area contributed by atoms with Gasteiger partial charge in [0.1, 0.15) is 17.3 Å². The molecule has 5 nitrogen and oxygen atoms in total. The summed E-state index contributed by atoms with van der Waals surface area (Å²) in [4.78, 5) is 37.7. The van der Waals surface area contributed by atoms with Crippen LogP contribution in [0.1, 0.15) is 88.8 Å². The van der Waals surface area contributed by atoms with Crippen molar-refractivity contribution in [2.24, 2.45) is 5.92 Å². The number of aryl methyl sites for hydroxylation is 1. The highest BCUT2D eigenvalue weighted by Gasteiger charge is 2.21. The van der Waals surface area contributed by atoms with Crippen LogP contribution >= 0.6 is 0 Å². The van der Waals surface area contributed by atoms with Crippen molar-refractivity contribution in [3.8, 4) is 22.6 Å². The molecule has 0 aliphatic rings. The third kappa shape index (κ3) is 7.80. The molecule has 0 bridgehead atoms. The summed E-state index contributed by atoms with van der Waals surface area (Å²) in [6, 6.07) is 15.1. The van der Waals surface area contributed by atoms with Crippen LogP contribution in [-0.2, 0) is 16.0 Å². The average Bonchev–Trinajstić information content (AvgIpc) is 3.33. The number of alkyl halides is 1. The van der Waals surface area contributed by atoms with Crippen LogP contribution in [0.25, 0.3) is 22.6 Å². The fourth-order valence-corrected chi connectivity index (χ4v) is 3.62. The van der Waals surface area contributed by atoms with E-state index in [9.17, 15) is 18.8 Å². The Morgan fingerprint density at radius 2 is 1.64 bits per heavy atom. The first-order valence-corrected chi connectivity index (χ1v) is 12.4. The summed E-state index contributed by atoms with van der Waals surface area (Å²) in [5.41, 5.74) is 3.90. The Labute approximate surface area is 213 Å². The molecule has 192 valence electrons. The Bertz CT molecular complexity index is 1180. The molecule has 36 heavy (non-hydrogen) atoms. The van der Waals surface area contributed by atoms with E-state index in [1.807, 2.05) is 63.2 Å². The Balaban J connectivity index is 0.000000352. The van der Waals surface area contributed by atoms with Crippen LogP contribution in [0.2, 0.25) is 0 Å². The SMILES string of the molecule is CCC(=O)CCC(C)C(C)=O.CCc1cc(-c2nc(C(C)F)oc2-c2ccccc2)ccc1C(C)=O. The van der Waals surface area contributed by atoms with Crippen molar-refractivity contribution in [2.75, 3.05) is 0 Å². The molecule has 0 radical (unpaired) electrons. The van der Waals surface area contributed by atoms with Crippen molar-refractivity contribution in [3.05, 3.63) is 65.5 Å². The molecule has 1 aromatic heterocycles. The fraction of sp³-hybridized carbons (Fsp3) is 0.400. The van der Waals surface area contributed by atoms with Crippen LogP contribution in [0.4, 0.5) is 4.39 Å². The molecular formula is C30H36FNO4. The van der Waals surface area contributed by atoms with Crippen molar-refractivity contribution in [2.45, 2.75) is 73.4 Å². The molecule has 2 aromatic carbocycles. The number of benzene rings is 2. The van der Waals surface area contributed by atoms with Crippen LogP contribution in [0.15, 0.2) is 52.9 Å². The van der Waals surface area contributed by atoms with Gasteiger partial charge in [0.05, 0.1) is 0 Å². The van der Waals surface area contributed by atoms with E-state index in [2.05, 4.69) is 4.98 Å². The van der Waals surface area contributed by atoms with Crippen molar-refractivity contribution in [1.82, 2.24) is 4.98 Å². The highest BCUT2D eigenvalue weighted by atomic mass is 19.1. The van der Waals surface area contributed by atoms with Crippen molar-refractivity contribution < 1.29 is 23.2 Å². The van der Waals surface area contributed by atoms with Gasteiger partial charge in [-0.3, -0.25) is 14.4 Å². The van der Waals surface area contributed by atoms with Gasteiger partial charge in [-0.05, 0) is 45.2 Å². The van der Waals surface area contributed by atoms with Gasteiger partial charge < -0.3 is 4.42 Å². The lowest BCUT2D eigenvalue weighted by molar-refractivity contribution is -0.121. The number of oxazole rings is 1. The number of carbonyl (C=O) groups is 3. The van der Waals surface area contributed by atoms with Gasteiger partial charge >= 0.3 is 0 Å². The second-order valence-electron chi connectivity index (χ2n) is 8.94. The molecule has 0 spiro atoms. The first-order chi connectivity index (χ1) is 17.1. The quantitative estimate of drug-likeness (QED) is 0.270. The van der Waals surface area contributed by atoms with Crippen LogP contribution in [-0.4, -0.2) is 22.3 Å². The number of ketones is 3. The summed E-state index contributed by atoms with van der Waals surface area (Å²) in [6.45, 7) is 10.2. The summed E-state index contributed by atoms with van der Waals surface area (Å²) in [5, 5.41) is 0. The van der Waals surface area contributed by atoms with Gasteiger partial charge in [0.2, 0.25) is 5.89 Å². The summed E-state index contributed by atoms with van der Waals surface area (Å²) in [6.07, 6.45) is 1.29. The number of Topliss-reactive ketones (excluding diaryl/α,β-unsaturated/α-hetero) is 3. The summed E-state index contributed by atoms with van der Waals surface area (Å²) in [5.74, 6) is 1.10. The lowest BCUT2D eigenvalue weighted by atomic mass is 9.97. The number of hydrogen-bond donors (Lipinski definition) is 0. The third-order valence-corrected chi connectivity index (χ3v) is 6.10. The molecule has 0 aliphatic heterocycles. The third-order valence-electron chi connectivity index (χ3n) is 6.10. The normalized spacial score (nSPS) is 12.3. The average molecular weight is 494 g/mol. The van der Waals surface area contributed by atoms with Gasteiger partial charge in [0.15, 0.2) is 17.7 Å². The van der Waals surface area contributed by atoms with Crippen LogP contribution < -0.4 is 0 Å². The first-order valence-electron chi connectivity index (χ1n) is 12.4. The molecule has 0 fully saturated rings. The summed E-state index contributed by atoms with van der Waals surface area (Å²) in [7, 11) is 0. The van der Waals surface area contributed by atoms with Gasteiger partial charge in [0, 0.05) is 35.4 Å². The number of hydrogen-bond acceptors (Lipinski definition) is 5. The minimum Gasteiger partial charge on any atom is -0.437 e. The molecule has 3 rings (SSSR count). The van der Waals surface area contributed by atoms with Gasteiger partial charge in [-0.15, -0.1) is 0 Å². The van der Waals surface area contributed by atoms with E-state index < -0.39 is 6.17 Å². The van der Waals surface area contributed by atoms with E-state index in [1.54, 1.807) is 19.9 Å². The minimum absolute atomic E-state index is 0.0323. The van der Waals surface area contributed by atoms with E-state index in [-0.39, 0.29) is 29.2 Å². The van der Waals surface area contributed by atoms with Crippen molar-refractivity contribution in [1.29, 1.82) is 0 Å². The Morgan fingerprint density at radius 3 is 2.17 bits per heavy atom. The number of halogens is 1. The van der Waals surface area contributed by atoms with E-state index in [0.717, 1.165) is 23.1 Å². The molecule has 0 saturated carbocycles. The van der Waals surface area contributed by atoms with Crippen LogP contribution in [0, 0.1) is 5.92 Å². The summed E-state index contributed by atoms with van der Waals surface area (Å²) < 4.78 is 19.5. The maximum atomic E-state index is 13.8. The molecule has 6 heteroatoms. The molecular weight excluding hydrogens is 457 g/mol. The fourth-order valence-electron chi connectivity index (χ4n) is 3.62. The topological polar surface area (TPSA) is 77.2 Å². The van der Waals surface area contributed by atoms with Gasteiger partial charge in [-0.1, -0.05) is 63.2 Å². The first kappa shape index (κ1) is 28.8. The number of aromatic nitrogens is 1. The number of nitrogens with zero attached hydrogens (tertiary/aromatic N) is 1. The molecule has 0 saturated heterocycles. The van der Waals surface area contributed by atoms with E-state index in [4.69, 9.17) is 4.42 Å². The predicted molar refractivity (Wildman–Crippen MR) is 141 cm³/mol. The van der Waals surface area contributed by atoms with Crippen molar-refractivity contribution in [3.63, 3.8) is 0 Å². The highest BCUT2D eigenvalue weighted by Crippen LogP contribution is 2.35. The number of carbonyl (C=O) groups excluding carboxylic acids is 3. The highest BCUT2D eigenvalue weighted by molar-refractivity contribution is 5.96. The van der Waals surface area contributed by atoms with E-state index in [1.165, 1.54) is 6.92 Å². The van der Waals surface area contributed by atoms with Gasteiger partial charge in [0.25, 0.3) is 0 Å². The Hall–Kier alpha value is -3.41. The Kier molecular flexibility index (Phi) is 10.9. The van der Waals surface area contributed by atoms with Crippen LogP contribution in [0.5, 0.6) is 0 Å². The smallest absolute Gasteiger partial charge is 0.229 e. The molecule has 0 amide bonds. The van der Waals surface area contributed by atoms with E-state index >= 15 is 0 Å². The Morgan fingerprint density at radius 1 is 0.972 bits per heavy atom. The summed E-state index contributed by atoms with van der Waals surface area (Å²) >= 11 is 0. The maximum Gasteiger partial charge on any atom is 0.229 e. The molecule has 2 unspecified atom stereocenters. The molecule has 3 aromatic rings. The van der Waals surface area contributed by atoms with Crippen molar-refractivity contribution >= 4 is 17.3 Å². The second-order valence-corrected chi connectivity index (χ2v) is 8.94. The predicted octanol–water partition coefficient (Wildman–Crippen LogP) is 7.77. The van der Waals surface area contributed by atoms with E-state index in [0.29, 0.717) is 36.3 Å². The molecule has 1 heterocycles. The zero-order chi connectivity index (χ0) is 26.8. The molecule has 0 aliphatic carbocycles. The zero-order valence-electron chi connectivity index (χ0n) is 22.1. The number of rotatable bonds is 10. The monoisotopic (exact) mass is 493 g/mol. The molecule has 2 atom stereocenters. The minimum atomic E-state index is -1.29. The lowest BCUT2D eigenvalue weighted by Crippen LogP contribution is -2.08. The van der Waals surface area contributed by atoms with Gasteiger partial charge in [-0.2, -0.15) is 0 Å². The largest absolute Gasteiger partial charge is 0.437 e. The standard InChI is InChI=1S/C21H20FNO2.C9H16O2/c1-4-15-12-17(10-11-18(15)14(3)24)19-20(16-8-6-5-7-9-16)25-21(23-19)13(2)22;1-4-9(11)6-5-7(2)8(3)10/h5-13H,4H2,1-3H3;7H,4-6H2,1-3H3. The maximum absolute atomic E-state index is 13.8. The lowest BCUT2D eigenvalue weighted by Gasteiger charge is -2.08. The van der Waals surface area contributed by atoms with Gasteiger partial charge in [-0.25, -0.2) is 9.37 Å². The van der Waals surface area contributed by atoms with Crippen LogP contribution in [0.3, 0.4) is 0 Å².